The summed E-state index contributed by atoms with van der Waals surface area (Å²) in [5, 5.41) is 2.82. The molecule has 1 aliphatic rings. The van der Waals surface area contributed by atoms with Crippen molar-refractivity contribution in [2.75, 3.05) is 19.0 Å². The van der Waals surface area contributed by atoms with Crippen molar-refractivity contribution < 1.29 is 23.9 Å². The summed E-state index contributed by atoms with van der Waals surface area (Å²) >= 11 is 10.0. The van der Waals surface area contributed by atoms with Crippen LogP contribution < -0.4 is 14.8 Å². The molecule has 1 aliphatic heterocycles. The molecule has 0 saturated carbocycles. The van der Waals surface area contributed by atoms with Gasteiger partial charge in [0.2, 0.25) is 5.91 Å². The number of hydrogen-bond acceptors (Lipinski definition) is 6. The zero-order valence-electron chi connectivity index (χ0n) is 19.0. The smallest absolute Gasteiger partial charge is 0.294 e. The Kier molecular flexibility index (Phi) is 8.35. The van der Waals surface area contributed by atoms with Gasteiger partial charge in [0, 0.05) is 15.2 Å². The van der Waals surface area contributed by atoms with Crippen molar-refractivity contribution in [1.82, 2.24) is 4.90 Å². The molecule has 0 radical (unpaired) electrons. The van der Waals surface area contributed by atoms with Crippen molar-refractivity contribution in [3.05, 3.63) is 92.3 Å². The molecule has 3 aromatic rings. The van der Waals surface area contributed by atoms with E-state index in [1.165, 1.54) is 7.11 Å². The Bertz CT molecular complexity index is 1330. The standard InChI is InChI=1S/C26H20BrClN2O5S/c1-34-22-12-17(4-11-21(22)35-15-16-2-7-19(28)8-3-16)13-23-25(32)30(26(33)36-23)14-24(31)29-20-9-5-18(27)6-10-20/h2-13H,14-15H2,1H3,(H,29,31)/b23-13+. The average Bonchev–Trinajstić information content (AvgIpc) is 3.12. The number of carbonyl (C=O) groups excluding carboxylic acids is 3. The van der Waals surface area contributed by atoms with E-state index < -0.39 is 17.1 Å². The Morgan fingerprint density at radius 3 is 2.47 bits per heavy atom. The van der Waals surface area contributed by atoms with E-state index in [4.69, 9.17) is 21.1 Å². The first-order valence-corrected chi connectivity index (χ1v) is 12.7. The summed E-state index contributed by atoms with van der Waals surface area (Å²) in [5.41, 5.74) is 2.16. The molecule has 0 bridgehead atoms. The maximum Gasteiger partial charge on any atom is 0.294 e. The molecular weight excluding hydrogens is 568 g/mol. The van der Waals surface area contributed by atoms with E-state index in [1.807, 2.05) is 12.1 Å². The van der Waals surface area contributed by atoms with E-state index in [0.29, 0.717) is 34.4 Å². The van der Waals surface area contributed by atoms with Crippen LogP contribution in [-0.2, 0) is 16.2 Å². The first-order chi connectivity index (χ1) is 17.3. The quantitative estimate of drug-likeness (QED) is 0.309. The summed E-state index contributed by atoms with van der Waals surface area (Å²) in [5.74, 6) is 0.0100. The molecule has 36 heavy (non-hydrogen) atoms. The van der Waals surface area contributed by atoms with Crippen molar-refractivity contribution in [3.63, 3.8) is 0 Å². The fourth-order valence-electron chi connectivity index (χ4n) is 3.30. The Hall–Kier alpha value is -3.27. The average molecular weight is 588 g/mol. The van der Waals surface area contributed by atoms with Gasteiger partial charge in [0.15, 0.2) is 11.5 Å². The molecular formula is C26H20BrClN2O5S. The number of carbonyl (C=O) groups is 3. The van der Waals surface area contributed by atoms with E-state index in [-0.39, 0.29) is 11.4 Å². The molecule has 1 saturated heterocycles. The Morgan fingerprint density at radius 1 is 1.06 bits per heavy atom. The molecule has 0 atom stereocenters. The van der Waals surface area contributed by atoms with Gasteiger partial charge in [-0.2, -0.15) is 0 Å². The van der Waals surface area contributed by atoms with Gasteiger partial charge in [0.05, 0.1) is 12.0 Å². The molecule has 10 heteroatoms. The maximum absolute atomic E-state index is 12.8. The predicted molar refractivity (Wildman–Crippen MR) is 144 cm³/mol. The minimum Gasteiger partial charge on any atom is -0.493 e. The predicted octanol–water partition coefficient (Wildman–Crippen LogP) is 6.37. The fourth-order valence-corrected chi connectivity index (χ4v) is 4.53. The zero-order valence-corrected chi connectivity index (χ0v) is 22.2. The van der Waals surface area contributed by atoms with Gasteiger partial charge in [0.1, 0.15) is 13.2 Å². The van der Waals surface area contributed by atoms with Crippen molar-refractivity contribution in [2.24, 2.45) is 0 Å². The van der Waals surface area contributed by atoms with Crippen molar-refractivity contribution in [1.29, 1.82) is 0 Å². The third kappa shape index (κ3) is 6.48. The number of thioether (sulfide) groups is 1. The van der Waals surface area contributed by atoms with Gasteiger partial charge in [-0.1, -0.05) is 45.7 Å². The van der Waals surface area contributed by atoms with Gasteiger partial charge in [-0.15, -0.1) is 0 Å². The number of halogens is 2. The van der Waals surface area contributed by atoms with Crippen LogP contribution in [0.5, 0.6) is 11.5 Å². The van der Waals surface area contributed by atoms with Crippen LogP contribution in [0.1, 0.15) is 11.1 Å². The van der Waals surface area contributed by atoms with Crippen molar-refractivity contribution >= 4 is 68.1 Å². The van der Waals surface area contributed by atoms with Crippen LogP contribution >= 0.6 is 39.3 Å². The number of benzene rings is 3. The van der Waals surface area contributed by atoms with Gasteiger partial charge in [-0.25, -0.2) is 0 Å². The maximum atomic E-state index is 12.8. The third-order valence-corrected chi connectivity index (χ3v) is 6.78. The lowest BCUT2D eigenvalue weighted by atomic mass is 10.1. The lowest BCUT2D eigenvalue weighted by Gasteiger charge is -2.13. The topological polar surface area (TPSA) is 84.9 Å². The molecule has 3 aromatic carbocycles. The summed E-state index contributed by atoms with van der Waals surface area (Å²) in [6.45, 7) is -0.0487. The molecule has 0 aromatic heterocycles. The summed E-state index contributed by atoms with van der Waals surface area (Å²) < 4.78 is 12.2. The second-order valence-corrected chi connectivity index (χ2v) is 9.99. The molecule has 0 unspecified atom stereocenters. The molecule has 1 N–H and O–H groups in total. The van der Waals surface area contributed by atoms with Gasteiger partial charge < -0.3 is 14.8 Å². The Labute approximate surface area is 225 Å². The van der Waals surface area contributed by atoms with Crippen LogP contribution in [0.2, 0.25) is 5.02 Å². The normalized spacial score (nSPS) is 14.3. The van der Waals surface area contributed by atoms with Crippen LogP contribution in [0, 0.1) is 0 Å². The number of hydrogen-bond donors (Lipinski definition) is 1. The van der Waals surface area contributed by atoms with E-state index >= 15 is 0 Å². The minimum absolute atomic E-state index is 0.216. The molecule has 1 heterocycles. The van der Waals surface area contributed by atoms with Gasteiger partial charge in [-0.05, 0) is 77.5 Å². The lowest BCUT2D eigenvalue weighted by Crippen LogP contribution is -2.36. The number of imide groups is 1. The first kappa shape index (κ1) is 25.8. The Balaban J connectivity index is 1.42. The first-order valence-electron chi connectivity index (χ1n) is 10.7. The molecule has 7 nitrogen and oxygen atoms in total. The summed E-state index contributed by atoms with van der Waals surface area (Å²) in [6.07, 6.45) is 1.59. The highest BCUT2D eigenvalue weighted by Gasteiger charge is 2.36. The van der Waals surface area contributed by atoms with Crippen LogP contribution in [0.25, 0.3) is 6.08 Å². The van der Waals surface area contributed by atoms with E-state index in [1.54, 1.807) is 60.7 Å². The molecule has 3 amide bonds. The lowest BCUT2D eigenvalue weighted by molar-refractivity contribution is -0.127. The summed E-state index contributed by atoms with van der Waals surface area (Å²) in [7, 11) is 1.52. The monoisotopic (exact) mass is 586 g/mol. The number of anilines is 1. The van der Waals surface area contributed by atoms with Crippen LogP contribution in [0.15, 0.2) is 76.1 Å². The molecule has 0 spiro atoms. The third-order valence-electron chi connectivity index (χ3n) is 5.10. The fraction of sp³-hybridized carbons (Fsp3) is 0.115. The highest BCUT2D eigenvalue weighted by molar-refractivity contribution is 9.10. The SMILES string of the molecule is COc1cc(/C=C2/SC(=O)N(CC(=O)Nc3ccc(Br)cc3)C2=O)ccc1OCc1ccc(Cl)cc1. The number of methoxy groups -OCH3 is 1. The largest absolute Gasteiger partial charge is 0.493 e. The van der Waals surface area contributed by atoms with Gasteiger partial charge >= 0.3 is 0 Å². The second-order valence-electron chi connectivity index (χ2n) is 7.65. The molecule has 184 valence electrons. The number of ether oxygens (including phenoxy) is 2. The van der Waals surface area contributed by atoms with E-state index in [9.17, 15) is 14.4 Å². The molecule has 1 fully saturated rings. The van der Waals surface area contributed by atoms with E-state index in [2.05, 4.69) is 21.2 Å². The Morgan fingerprint density at radius 2 is 1.78 bits per heavy atom. The number of nitrogens with zero attached hydrogens (tertiary/aromatic N) is 1. The van der Waals surface area contributed by atoms with Crippen molar-refractivity contribution in [3.8, 4) is 11.5 Å². The molecule has 0 aliphatic carbocycles. The highest BCUT2D eigenvalue weighted by Crippen LogP contribution is 2.35. The van der Waals surface area contributed by atoms with E-state index in [0.717, 1.165) is 26.7 Å². The van der Waals surface area contributed by atoms with Crippen molar-refractivity contribution in [2.45, 2.75) is 6.61 Å². The summed E-state index contributed by atoms with van der Waals surface area (Å²) in [4.78, 5) is 38.8. The highest BCUT2D eigenvalue weighted by atomic mass is 79.9. The van der Waals surface area contributed by atoms with Crippen LogP contribution in [-0.4, -0.2) is 35.6 Å². The van der Waals surface area contributed by atoms with Crippen LogP contribution in [0.3, 0.4) is 0 Å². The van der Waals surface area contributed by atoms with Crippen LogP contribution in [0.4, 0.5) is 10.5 Å². The van der Waals surface area contributed by atoms with Gasteiger partial charge in [0.25, 0.3) is 11.1 Å². The second kappa shape index (κ2) is 11.6. The number of nitrogens with one attached hydrogen (secondary N) is 1. The summed E-state index contributed by atoms with van der Waals surface area (Å²) in [6, 6.07) is 19.5. The zero-order chi connectivity index (χ0) is 25.7. The number of amides is 3. The number of rotatable bonds is 8. The minimum atomic E-state index is -0.530. The van der Waals surface area contributed by atoms with Gasteiger partial charge in [-0.3, -0.25) is 19.3 Å². The molecule has 4 rings (SSSR count).